The average Bonchev–Trinajstić information content (AvgIpc) is 3.10. The molecule has 2 aromatic rings. The van der Waals surface area contributed by atoms with Crippen molar-refractivity contribution in [3.63, 3.8) is 0 Å². The number of amides is 1. The van der Waals surface area contributed by atoms with Gasteiger partial charge in [-0.05, 0) is 17.9 Å². The van der Waals surface area contributed by atoms with Gasteiger partial charge in [0, 0.05) is 42.5 Å². The molecule has 4 rings (SSSR count). The number of hydrogen-bond acceptors (Lipinski definition) is 7. The fourth-order valence-electron chi connectivity index (χ4n) is 3.48. The van der Waals surface area contributed by atoms with Gasteiger partial charge in [0.05, 0.1) is 25.2 Å². The number of hydrogen-bond donors (Lipinski definition) is 2. The average molecular weight is 412 g/mol. The Kier molecular flexibility index (Phi) is 5.60. The molecule has 1 amide bonds. The van der Waals surface area contributed by atoms with Crippen molar-refractivity contribution in [2.45, 2.75) is 45.6 Å². The molecule has 1 aromatic carbocycles. The summed E-state index contributed by atoms with van der Waals surface area (Å²) in [4.78, 5) is 18.7. The Labute approximate surface area is 176 Å². The van der Waals surface area contributed by atoms with Gasteiger partial charge in [0.1, 0.15) is 0 Å². The van der Waals surface area contributed by atoms with Gasteiger partial charge in [-0.15, -0.1) is 0 Å². The van der Waals surface area contributed by atoms with Crippen LogP contribution in [0.25, 0.3) is 11.4 Å². The van der Waals surface area contributed by atoms with Crippen molar-refractivity contribution in [3.05, 3.63) is 29.7 Å². The van der Waals surface area contributed by atoms with E-state index in [9.17, 15) is 4.79 Å². The van der Waals surface area contributed by atoms with Gasteiger partial charge in [-0.25, -0.2) is 0 Å². The van der Waals surface area contributed by atoms with E-state index in [2.05, 4.69) is 36.2 Å². The van der Waals surface area contributed by atoms with E-state index >= 15 is 0 Å². The third-order valence-electron chi connectivity index (χ3n) is 5.58. The number of aromatic nitrogens is 2. The zero-order valence-corrected chi connectivity index (χ0v) is 17.8. The lowest BCUT2D eigenvalue weighted by Gasteiger charge is -2.37. The van der Waals surface area contributed by atoms with E-state index < -0.39 is 0 Å². The number of nitrogens with zero attached hydrogens (tertiary/aromatic N) is 3. The highest BCUT2D eigenvalue weighted by Gasteiger charge is 2.35. The Bertz CT molecular complexity index is 923. The number of likely N-dealkylation sites (tertiary alicyclic amines) is 1. The number of anilines is 1. The minimum atomic E-state index is 0.0930. The first-order valence-electron chi connectivity index (χ1n) is 10.4. The first-order chi connectivity index (χ1) is 14.3. The predicted octanol–water partition coefficient (Wildman–Crippen LogP) is 3.30. The third kappa shape index (κ3) is 4.53. The van der Waals surface area contributed by atoms with Crippen LogP contribution in [0.1, 0.15) is 51.0 Å². The molecule has 2 fully saturated rings. The molecule has 2 aliphatic heterocycles. The van der Waals surface area contributed by atoms with Gasteiger partial charge in [-0.2, -0.15) is 4.98 Å². The quantitative estimate of drug-likeness (QED) is 0.678. The predicted molar refractivity (Wildman–Crippen MR) is 114 cm³/mol. The highest BCUT2D eigenvalue weighted by atomic mass is 16.5. The smallest absolute Gasteiger partial charge is 0.233 e. The molecular formula is C22H29N5O3. The van der Waals surface area contributed by atoms with Gasteiger partial charge < -0.3 is 24.9 Å². The second kappa shape index (κ2) is 8.18. The second-order valence-electron chi connectivity index (χ2n) is 9.34. The van der Waals surface area contributed by atoms with E-state index in [1.54, 1.807) is 0 Å². The fraction of sp³-hybridized carbons (Fsp3) is 0.545. The summed E-state index contributed by atoms with van der Waals surface area (Å²) >= 11 is 0. The van der Waals surface area contributed by atoms with Crippen molar-refractivity contribution in [1.82, 2.24) is 15.0 Å². The Morgan fingerprint density at radius 3 is 2.73 bits per heavy atom. The van der Waals surface area contributed by atoms with Crippen LogP contribution in [0.15, 0.2) is 22.7 Å². The van der Waals surface area contributed by atoms with Gasteiger partial charge in [0.2, 0.25) is 17.6 Å². The number of carbonyl (C=O) groups excluding carboxylic acids is 1. The maximum atomic E-state index is 12.3. The number of carbonyl (C=O) groups is 1. The van der Waals surface area contributed by atoms with E-state index in [1.165, 1.54) is 6.21 Å². The molecule has 1 aromatic heterocycles. The lowest BCUT2D eigenvalue weighted by molar-refractivity contribution is -0.136. The number of ether oxygens (including phenoxy) is 1. The molecule has 0 radical (unpaired) electrons. The van der Waals surface area contributed by atoms with Crippen LogP contribution in [0.2, 0.25) is 0 Å². The van der Waals surface area contributed by atoms with Gasteiger partial charge in [-0.1, -0.05) is 38.1 Å². The van der Waals surface area contributed by atoms with Crippen LogP contribution in [0.5, 0.6) is 0 Å². The second-order valence-corrected chi connectivity index (χ2v) is 9.34. The normalized spacial score (nSPS) is 17.4. The molecule has 0 unspecified atom stereocenters. The van der Waals surface area contributed by atoms with Crippen molar-refractivity contribution in [3.8, 4) is 11.4 Å². The highest BCUT2D eigenvalue weighted by molar-refractivity contribution is 5.87. The lowest BCUT2D eigenvalue weighted by Crippen LogP contribution is -2.48. The molecule has 0 bridgehead atoms. The summed E-state index contributed by atoms with van der Waals surface area (Å²) in [5, 5.41) is 15.1. The van der Waals surface area contributed by atoms with E-state index in [1.807, 2.05) is 23.1 Å². The van der Waals surface area contributed by atoms with Crippen molar-refractivity contribution in [1.29, 1.82) is 5.41 Å². The van der Waals surface area contributed by atoms with Gasteiger partial charge in [0.15, 0.2) is 0 Å². The molecule has 8 nitrogen and oxygen atoms in total. The van der Waals surface area contributed by atoms with Crippen molar-refractivity contribution < 1.29 is 14.1 Å². The van der Waals surface area contributed by atoms with E-state index in [-0.39, 0.29) is 23.3 Å². The van der Waals surface area contributed by atoms with Crippen LogP contribution in [0.4, 0.5) is 5.69 Å². The summed E-state index contributed by atoms with van der Waals surface area (Å²) < 4.78 is 10.7. The topological polar surface area (TPSA) is 104 Å². The summed E-state index contributed by atoms with van der Waals surface area (Å²) in [7, 11) is 0. The van der Waals surface area contributed by atoms with Crippen molar-refractivity contribution in [2.75, 3.05) is 31.6 Å². The molecule has 0 spiro atoms. The largest absolute Gasteiger partial charge is 0.377 e. The summed E-state index contributed by atoms with van der Waals surface area (Å²) in [5.74, 6) is 1.38. The zero-order valence-electron chi connectivity index (χ0n) is 17.8. The van der Waals surface area contributed by atoms with Crippen molar-refractivity contribution in [2.24, 2.45) is 5.41 Å². The third-order valence-corrected chi connectivity index (χ3v) is 5.58. The van der Waals surface area contributed by atoms with Crippen LogP contribution >= 0.6 is 0 Å². The van der Waals surface area contributed by atoms with Crippen LogP contribution in [-0.2, 0) is 9.53 Å². The summed E-state index contributed by atoms with van der Waals surface area (Å²) in [6.07, 6.45) is 2.78. The molecule has 3 heterocycles. The van der Waals surface area contributed by atoms with Crippen LogP contribution in [0.3, 0.4) is 0 Å². The van der Waals surface area contributed by atoms with Gasteiger partial charge in [-0.3, -0.25) is 4.79 Å². The number of rotatable bonds is 7. The molecule has 2 N–H and O–H groups in total. The minimum Gasteiger partial charge on any atom is -0.377 e. The molecule has 0 saturated carbocycles. The Hall–Kier alpha value is -2.74. The monoisotopic (exact) mass is 411 g/mol. The maximum Gasteiger partial charge on any atom is 0.233 e. The minimum absolute atomic E-state index is 0.0930. The van der Waals surface area contributed by atoms with Gasteiger partial charge in [0.25, 0.3) is 0 Å². The zero-order chi connectivity index (χ0) is 21.3. The molecule has 0 aliphatic carbocycles. The summed E-state index contributed by atoms with van der Waals surface area (Å²) in [6, 6.07) is 5.97. The maximum absolute atomic E-state index is 12.3. The summed E-state index contributed by atoms with van der Waals surface area (Å²) in [6.45, 7) is 9.04. The lowest BCUT2D eigenvalue weighted by atomic mass is 9.89. The number of nitrogens with one attached hydrogen (secondary N) is 2. The molecule has 2 aliphatic rings. The molecule has 30 heavy (non-hydrogen) atoms. The summed E-state index contributed by atoms with van der Waals surface area (Å²) in [5.41, 5.74) is 2.66. The number of benzene rings is 1. The molecule has 8 heteroatoms. The van der Waals surface area contributed by atoms with Gasteiger partial charge >= 0.3 is 0 Å². The van der Waals surface area contributed by atoms with Crippen LogP contribution < -0.4 is 5.32 Å². The van der Waals surface area contributed by atoms with E-state index in [4.69, 9.17) is 14.7 Å². The standard InChI is InChI=1S/C22H29N5O3/c1-22(2,3)7-6-19(28)27-10-16(11-27)21-25-20(26-30-21)14-4-5-15(9-23)18(8-14)24-17-12-29-13-17/h4-5,8-9,16-17,23-24H,6-7,10-13H2,1-3H3. The Morgan fingerprint density at radius 1 is 1.33 bits per heavy atom. The SMILES string of the molecule is CC(C)(C)CCC(=O)N1CC(c2nc(-c3ccc(C=N)c(NC4COC4)c3)no2)C1. The first kappa shape index (κ1) is 20.5. The fourth-order valence-corrected chi connectivity index (χ4v) is 3.48. The van der Waals surface area contributed by atoms with E-state index in [0.717, 1.165) is 23.2 Å². The highest BCUT2D eigenvalue weighted by Crippen LogP contribution is 2.31. The Balaban J connectivity index is 1.38. The Morgan fingerprint density at radius 2 is 2.10 bits per heavy atom. The first-order valence-corrected chi connectivity index (χ1v) is 10.4. The molecular weight excluding hydrogens is 382 g/mol. The van der Waals surface area contributed by atoms with Crippen LogP contribution in [0, 0.1) is 10.8 Å². The molecule has 160 valence electrons. The molecule has 2 saturated heterocycles. The van der Waals surface area contributed by atoms with Crippen LogP contribution in [-0.4, -0.2) is 59.5 Å². The van der Waals surface area contributed by atoms with E-state index in [0.29, 0.717) is 44.4 Å². The van der Waals surface area contributed by atoms with Crippen molar-refractivity contribution >= 4 is 17.8 Å². The molecule has 0 atom stereocenters.